The first-order valence-corrected chi connectivity index (χ1v) is 6.98. The summed E-state index contributed by atoms with van der Waals surface area (Å²) in [5, 5.41) is 0.660. The molecule has 1 heterocycles. The van der Waals surface area contributed by atoms with E-state index in [-0.39, 0.29) is 5.54 Å². The maximum atomic E-state index is 6.59. The third kappa shape index (κ3) is 1.91. The van der Waals surface area contributed by atoms with E-state index in [1.807, 2.05) is 0 Å². The highest BCUT2D eigenvalue weighted by Gasteiger charge is 2.34. The topological polar surface area (TPSA) is 64.9 Å². The average molecular weight is 259 g/mol. The van der Waals surface area contributed by atoms with Gasteiger partial charge in [-0.15, -0.1) is 11.3 Å². The smallest absolute Gasteiger partial charge is 0.180 e. The second-order valence-electron chi connectivity index (χ2n) is 5.12. The fourth-order valence-electron chi connectivity index (χ4n) is 2.58. The van der Waals surface area contributed by atoms with Crippen LogP contribution in [0.15, 0.2) is 24.3 Å². The first kappa shape index (κ1) is 11.7. The number of thiazole rings is 1. The third-order valence-corrected chi connectivity index (χ3v) is 4.63. The SMILES string of the molecule is Cc1ccc(C2(N)CCc3nc(N)sc3C2)cc1. The maximum absolute atomic E-state index is 6.59. The van der Waals surface area contributed by atoms with Gasteiger partial charge in [0.25, 0.3) is 0 Å². The van der Waals surface area contributed by atoms with Crippen molar-refractivity contribution in [2.75, 3.05) is 5.73 Å². The molecule has 0 aliphatic heterocycles. The van der Waals surface area contributed by atoms with Gasteiger partial charge in [0.05, 0.1) is 5.69 Å². The van der Waals surface area contributed by atoms with E-state index < -0.39 is 0 Å². The van der Waals surface area contributed by atoms with Crippen LogP contribution >= 0.6 is 11.3 Å². The molecule has 0 saturated carbocycles. The van der Waals surface area contributed by atoms with Gasteiger partial charge in [-0.25, -0.2) is 4.98 Å². The maximum Gasteiger partial charge on any atom is 0.180 e. The molecule has 1 atom stereocenters. The minimum Gasteiger partial charge on any atom is -0.375 e. The zero-order chi connectivity index (χ0) is 12.8. The van der Waals surface area contributed by atoms with Crippen LogP contribution in [0.25, 0.3) is 0 Å². The number of rotatable bonds is 1. The van der Waals surface area contributed by atoms with E-state index in [0.717, 1.165) is 25.0 Å². The highest BCUT2D eigenvalue weighted by molar-refractivity contribution is 7.15. The van der Waals surface area contributed by atoms with Crippen molar-refractivity contribution in [1.29, 1.82) is 0 Å². The van der Waals surface area contributed by atoms with E-state index in [2.05, 4.69) is 36.2 Å². The van der Waals surface area contributed by atoms with Crippen LogP contribution in [0.1, 0.15) is 28.1 Å². The molecule has 1 aromatic heterocycles. The van der Waals surface area contributed by atoms with Gasteiger partial charge in [-0.3, -0.25) is 0 Å². The summed E-state index contributed by atoms with van der Waals surface area (Å²) in [4.78, 5) is 5.62. The zero-order valence-corrected chi connectivity index (χ0v) is 11.3. The number of aryl methyl sites for hydroxylation is 2. The van der Waals surface area contributed by atoms with Crippen LogP contribution in [0.3, 0.4) is 0 Å². The molecule has 3 nitrogen and oxygen atoms in total. The van der Waals surface area contributed by atoms with Crippen molar-refractivity contribution in [2.24, 2.45) is 5.73 Å². The van der Waals surface area contributed by atoms with Crippen LogP contribution in [0, 0.1) is 6.92 Å². The summed E-state index contributed by atoms with van der Waals surface area (Å²) in [5.74, 6) is 0. The molecular formula is C14H17N3S. The van der Waals surface area contributed by atoms with E-state index in [1.54, 1.807) is 11.3 Å². The number of nitrogens with zero attached hydrogens (tertiary/aromatic N) is 1. The van der Waals surface area contributed by atoms with Gasteiger partial charge in [-0.05, 0) is 25.3 Å². The Morgan fingerprint density at radius 1 is 1.28 bits per heavy atom. The van der Waals surface area contributed by atoms with Crippen LogP contribution < -0.4 is 11.5 Å². The Morgan fingerprint density at radius 3 is 2.72 bits per heavy atom. The van der Waals surface area contributed by atoms with Crippen LogP contribution in [-0.4, -0.2) is 4.98 Å². The van der Waals surface area contributed by atoms with E-state index in [4.69, 9.17) is 11.5 Å². The van der Waals surface area contributed by atoms with Gasteiger partial charge >= 0.3 is 0 Å². The molecule has 0 saturated heterocycles. The average Bonchev–Trinajstić information content (AvgIpc) is 2.69. The van der Waals surface area contributed by atoms with E-state index in [0.29, 0.717) is 5.13 Å². The Hall–Kier alpha value is -1.39. The Balaban J connectivity index is 1.95. The number of nitrogens with two attached hydrogens (primary N) is 2. The predicted molar refractivity (Wildman–Crippen MR) is 75.6 cm³/mol. The number of aromatic nitrogens is 1. The zero-order valence-electron chi connectivity index (χ0n) is 10.4. The molecular weight excluding hydrogens is 242 g/mol. The molecule has 1 unspecified atom stereocenters. The largest absolute Gasteiger partial charge is 0.375 e. The van der Waals surface area contributed by atoms with Gasteiger partial charge in [0, 0.05) is 16.8 Å². The molecule has 18 heavy (non-hydrogen) atoms. The van der Waals surface area contributed by atoms with Crippen molar-refractivity contribution < 1.29 is 0 Å². The van der Waals surface area contributed by atoms with Gasteiger partial charge in [-0.2, -0.15) is 0 Å². The van der Waals surface area contributed by atoms with E-state index in [1.165, 1.54) is 16.0 Å². The first-order valence-electron chi connectivity index (χ1n) is 6.17. The minimum absolute atomic E-state index is 0.264. The van der Waals surface area contributed by atoms with Crippen LogP contribution in [0.5, 0.6) is 0 Å². The molecule has 4 N–H and O–H groups in total. The molecule has 2 aromatic rings. The van der Waals surface area contributed by atoms with Crippen LogP contribution in [0.4, 0.5) is 5.13 Å². The van der Waals surface area contributed by atoms with Gasteiger partial charge in [0.1, 0.15) is 0 Å². The molecule has 1 aliphatic carbocycles. The van der Waals surface area contributed by atoms with Crippen molar-refractivity contribution in [1.82, 2.24) is 4.98 Å². The summed E-state index contributed by atoms with van der Waals surface area (Å²) in [6.07, 6.45) is 2.71. The second-order valence-corrected chi connectivity index (χ2v) is 6.24. The fourth-order valence-corrected chi connectivity index (χ4v) is 3.59. The number of hydrogen-bond donors (Lipinski definition) is 2. The summed E-state index contributed by atoms with van der Waals surface area (Å²) in [5.41, 5.74) is 15.7. The van der Waals surface area contributed by atoms with E-state index >= 15 is 0 Å². The Bertz CT molecular complexity index is 573. The third-order valence-electron chi connectivity index (χ3n) is 3.71. The lowest BCUT2D eigenvalue weighted by atomic mass is 9.78. The summed E-state index contributed by atoms with van der Waals surface area (Å²) < 4.78 is 0. The molecule has 94 valence electrons. The number of hydrogen-bond acceptors (Lipinski definition) is 4. The molecule has 0 radical (unpaired) electrons. The molecule has 3 rings (SSSR count). The predicted octanol–water partition coefficient (Wildman–Crippen LogP) is 2.38. The minimum atomic E-state index is -0.264. The van der Waals surface area contributed by atoms with Crippen LogP contribution in [-0.2, 0) is 18.4 Å². The highest BCUT2D eigenvalue weighted by Crippen LogP contribution is 2.37. The molecule has 0 spiro atoms. The molecule has 4 heteroatoms. The van der Waals surface area contributed by atoms with Gasteiger partial charge in [-0.1, -0.05) is 29.8 Å². The second kappa shape index (κ2) is 4.07. The van der Waals surface area contributed by atoms with Crippen molar-refractivity contribution in [2.45, 2.75) is 31.7 Å². The van der Waals surface area contributed by atoms with Crippen LogP contribution in [0.2, 0.25) is 0 Å². The molecule has 1 aromatic carbocycles. The lowest BCUT2D eigenvalue weighted by Crippen LogP contribution is -2.41. The van der Waals surface area contributed by atoms with Gasteiger partial charge < -0.3 is 11.5 Å². The van der Waals surface area contributed by atoms with Crippen molar-refractivity contribution in [3.8, 4) is 0 Å². The molecule has 0 bridgehead atoms. The Labute approximate surface area is 111 Å². The van der Waals surface area contributed by atoms with Crippen molar-refractivity contribution in [3.63, 3.8) is 0 Å². The first-order chi connectivity index (χ1) is 8.57. The summed E-state index contributed by atoms with van der Waals surface area (Å²) in [7, 11) is 0. The standard InChI is InChI=1S/C14H17N3S/c1-9-2-4-10(5-3-9)14(16)7-6-11-12(8-14)18-13(15)17-11/h2-5H,6-8,16H2,1H3,(H2,15,17). The molecule has 0 amide bonds. The molecule has 0 fully saturated rings. The summed E-state index contributed by atoms with van der Waals surface area (Å²) in [6.45, 7) is 2.09. The monoisotopic (exact) mass is 259 g/mol. The number of anilines is 1. The fraction of sp³-hybridized carbons (Fsp3) is 0.357. The van der Waals surface area contributed by atoms with E-state index in [9.17, 15) is 0 Å². The summed E-state index contributed by atoms with van der Waals surface area (Å²) >= 11 is 1.58. The lowest BCUT2D eigenvalue weighted by molar-refractivity contribution is 0.386. The molecule has 1 aliphatic rings. The quantitative estimate of drug-likeness (QED) is 0.826. The van der Waals surface area contributed by atoms with Gasteiger partial charge in [0.15, 0.2) is 5.13 Å². The number of fused-ring (bicyclic) bond motifs is 1. The Morgan fingerprint density at radius 2 is 2.00 bits per heavy atom. The van der Waals surface area contributed by atoms with Gasteiger partial charge in [0.2, 0.25) is 0 Å². The summed E-state index contributed by atoms with van der Waals surface area (Å²) in [6, 6.07) is 8.54. The lowest BCUT2D eigenvalue weighted by Gasteiger charge is -2.33. The normalized spacial score (nSPS) is 22.8. The highest BCUT2D eigenvalue weighted by atomic mass is 32.1. The number of nitrogen functional groups attached to an aromatic ring is 1. The number of benzene rings is 1. The van der Waals surface area contributed by atoms with Crippen molar-refractivity contribution >= 4 is 16.5 Å². The Kier molecular flexibility index (Phi) is 2.64. The van der Waals surface area contributed by atoms with Crippen molar-refractivity contribution in [3.05, 3.63) is 46.0 Å².